The molecule has 0 atom stereocenters. The highest BCUT2D eigenvalue weighted by molar-refractivity contribution is 5.94. The van der Waals surface area contributed by atoms with Gasteiger partial charge < -0.3 is 5.73 Å². The van der Waals surface area contributed by atoms with Crippen LogP contribution >= 0.6 is 0 Å². The van der Waals surface area contributed by atoms with E-state index in [1.807, 2.05) is 72.9 Å². The smallest absolute Gasteiger partial charge is 0.240 e. The molecule has 0 bridgehead atoms. The monoisotopic (exact) mass is 381 g/mol. The fourth-order valence-electron chi connectivity index (χ4n) is 3.68. The molecule has 0 amide bonds. The number of pyridine rings is 1. The van der Waals surface area contributed by atoms with Gasteiger partial charge in [0.2, 0.25) is 11.9 Å². The van der Waals surface area contributed by atoms with E-state index in [0.29, 0.717) is 12.1 Å². The second-order valence-electron chi connectivity index (χ2n) is 6.99. The first-order valence-electron chi connectivity index (χ1n) is 9.49. The van der Waals surface area contributed by atoms with Gasteiger partial charge in [-0.25, -0.2) is 4.52 Å². The number of carbonyl (C=O) groups is 1. The van der Waals surface area contributed by atoms with Crippen molar-refractivity contribution in [3.63, 3.8) is 0 Å². The Labute approximate surface area is 167 Å². The summed E-state index contributed by atoms with van der Waals surface area (Å²) in [6.07, 6.45) is 3.04. The molecule has 29 heavy (non-hydrogen) atoms. The summed E-state index contributed by atoms with van der Waals surface area (Å²) in [7, 11) is 0. The second-order valence-corrected chi connectivity index (χ2v) is 6.99. The lowest BCUT2D eigenvalue weighted by Crippen LogP contribution is -2.10. The van der Waals surface area contributed by atoms with E-state index >= 15 is 0 Å². The Morgan fingerprint density at radius 3 is 2.69 bits per heavy atom. The molecule has 3 heterocycles. The number of aryl methyl sites for hydroxylation is 1. The average molecular weight is 381 g/mol. The fourth-order valence-corrected chi connectivity index (χ4v) is 3.68. The molecule has 0 saturated heterocycles. The molecule has 0 aliphatic heterocycles. The number of nitrogens with two attached hydrogens (primary N) is 1. The lowest BCUT2D eigenvalue weighted by atomic mass is 10.1. The van der Waals surface area contributed by atoms with E-state index in [1.165, 1.54) is 5.56 Å². The Morgan fingerprint density at radius 1 is 0.966 bits per heavy atom. The SMILES string of the molecule is Nc1nc2cccc(-c3ccc4c(ccn4C(=O)CCc4ccccc4)c3)n2n1. The third-order valence-electron chi connectivity index (χ3n) is 5.10. The Kier molecular flexibility index (Phi) is 4.09. The Bertz CT molecular complexity index is 1330. The molecular formula is C23H19N5O. The first-order valence-corrected chi connectivity index (χ1v) is 9.49. The van der Waals surface area contributed by atoms with Crippen LogP contribution in [0, 0.1) is 0 Å². The zero-order valence-corrected chi connectivity index (χ0v) is 15.7. The van der Waals surface area contributed by atoms with Gasteiger partial charge in [-0.1, -0.05) is 42.5 Å². The Balaban J connectivity index is 1.46. The summed E-state index contributed by atoms with van der Waals surface area (Å²) < 4.78 is 3.47. The first-order chi connectivity index (χ1) is 14.2. The van der Waals surface area contributed by atoms with Crippen molar-refractivity contribution < 1.29 is 4.79 Å². The molecule has 0 spiro atoms. The molecule has 0 saturated carbocycles. The molecular weight excluding hydrogens is 362 g/mol. The molecule has 0 unspecified atom stereocenters. The molecule has 5 aromatic rings. The molecule has 3 aromatic heterocycles. The van der Waals surface area contributed by atoms with E-state index in [0.717, 1.165) is 28.6 Å². The summed E-state index contributed by atoms with van der Waals surface area (Å²) in [5, 5.41) is 5.28. The number of nitrogens with zero attached hydrogens (tertiary/aromatic N) is 4. The van der Waals surface area contributed by atoms with Crippen molar-refractivity contribution in [2.75, 3.05) is 5.73 Å². The zero-order chi connectivity index (χ0) is 19.8. The third-order valence-corrected chi connectivity index (χ3v) is 5.10. The molecule has 0 aliphatic rings. The van der Waals surface area contributed by atoms with Crippen molar-refractivity contribution in [3.8, 4) is 11.3 Å². The van der Waals surface area contributed by atoms with E-state index in [1.54, 1.807) is 9.08 Å². The standard InChI is InChI=1S/C23H19N5O/c24-23-25-21-8-4-7-20(28(21)26-23)17-10-11-19-18(15-17)13-14-27(19)22(29)12-9-16-5-2-1-3-6-16/h1-8,10-11,13-15H,9,12H2,(H2,24,26). The van der Waals surface area contributed by atoms with Crippen molar-refractivity contribution >= 4 is 28.4 Å². The lowest BCUT2D eigenvalue weighted by molar-refractivity contribution is 0.0908. The highest BCUT2D eigenvalue weighted by Crippen LogP contribution is 2.26. The van der Waals surface area contributed by atoms with Crippen LogP contribution in [0.4, 0.5) is 5.95 Å². The van der Waals surface area contributed by atoms with Gasteiger partial charge in [0, 0.05) is 23.6 Å². The summed E-state index contributed by atoms with van der Waals surface area (Å²) in [6.45, 7) is 0. The van der Waals surface area contributed by atoms with Crippen LogP contribution in [0.2, 0.25) is 0 Å². The highest BCUT2D eigenvalue weighted by Gasteiger charge is 2.12. The summed E-state index contributed by atoms with van der Waals surface area (Å²) >= 11 is 0. The number of carbonyl (C=O) groups excluding carboxylic acids is 1. The number of aromatic nitrogens is 4. The summed E-state index contributed by atoms with van der Waals surface area (Å²) in [5.41, 5.74) is 10.4. The minimum atomic E-state index is 0.0859. The molecule has 6 nitrogen and oxygen atoms in total. The molecule has 6 heteroatoms. The number of hydrogen-bond acceptors (Lipinski definition) is 4. The molecule has 0 fully saturated rings. The highest BCUT2D eigenvalue weighted by atomic mass is 16.2. The number of benzene rings is 2. The van der Waals surface area contributed by atoms with Crippen molar-refractivity contribution in [3.05, 3.63) is 84.6 Å². The van der Waals surface area contributed by atoms with Gasteiger partial charge in [-0.15, -0.1) is 5.10 Å². The van der Waals surface area contributed by atoms with Gasteiger partial charge in [0.15, 0.2) is 5.65 Å². The predicted octanol–water partition coefficient (Wildman–Crippen LogP) is 4.21. The van der Waals surface area contributed by atoms with Crippen LogP contribution in [0.1, 0.15) is 16.8 Å². The maximum atomic E-state index is 12.8. The van der Waals surface area contributed by atoms with Gasteiger partial charge in [-0.05, 0) is 42.3 Å². The van der Waals surface area contributed by atoms with Crippen LogP contribution in [0.15, 0.2) is 79.0 Å². The van der Waals surface area contributed by atoms with Crippen molar-refractivity contribution in [2.24, 2.45) is 0 Å². The number of anilines is 1. The van der Waals surface area contributed by atoms with Gasteiger partial charge in [0.05, 0.1) is 11.2 Å². The summed E-state index contributed by atoms with van der Waals surface area (Å²) in [5.74, 6) is 0.330. The van der Waals surface area contributed by atoms with E-state index in [-0.39, 0.29) is 11.9 Å². The molecule has 142 valence electrons. The maximum Gasteiger partial charge on any atom is 0.240 e. The molecule has 2 aromatic carbocycles. The van der Waals surface area contributed by atoms with Crippen LogP contribution < -0.4 is 5.73 Å². The van der Waals surface area contributed by atoms with Crippen molar-refractivity contribution in [1.29, 1.82) is 0 Å². The van der Waals surface area contributed by atoms with Crippen LogP contribution in [-0.4, -0.2) is 25.1 Å². The topological polar surface area (TPSA) is 78.2 Å². The molecule has 0 radical (unpaired) electrons. The Hall–Kier alpha value is -3.93. The summed E-state index contributed by atoms with van der Waals surface area (Å²) in [4.78, 5) is 17.0. The predicted molar refractivity (Wildman–Crippen MR) is 114 cm³/mol. The van der Waals surface area contributed by atoms with Crippen LogP contribution in [0.3, 0.4) is 0 Å². The van der Waals surface area contributed by atoms with Gasteiger partial charge >= 0.3 is 0 Å². The average Bonchev–Trinajstić information content (AvgIpc) is 3.34. The second kappa shape index (κ2) is 6.91. The van der Waals surface area contributed by atoms with Crippen molar-refractivity contribution in [1.82, 2.24) is 19.2 Å². The van der Waals surface area contributed by atoms with Gasteiger partial charge in [-0.2, -0.15) is 4.98 Å². The van der Waals surface area contributed by atoms with Gasteiger partial charge in [-0.3, -0.25) is 9.36 Å². The van der Waals surface area contributed by atoms with E-state index < -0.39 is 0 Å². The lowest BCUT2D eigenvalue weighted by Gasteiger charge is -2.07. The normalized spacial score (nSPS) is 11.3. The minimum absolute atomic E-state index is 0.0859. The van der Waals surface area contributed by atoms with E-state index in [9.17, 15) is 4.79 Å². The third kappa shape index (κ3) is 3.14. The van der Waals surface area contributed by atoms with E-state index in [4.69, 9.17) is 5.73 Å². The maximum absolute atomic E-state index is 12.8. The quantitative estimate of drug-likeness (QED) is 0.506. The molecule has 5 rings (SSSR count). The van der Waals surface area contributed by atoms with Crippen LogP contribution in [0.25, 0.3) is 27.8 Å². The largest absolute Gasteiger partial charge is 0.366 e. The number of nitrogen functional groups attached to an aromatic ring is 1. The first kappa shape index (κ1) is 17.2. The molecule has 0 aliphatic carbocycles. The van der Waals surface area contributed by atoms with E-state index in [2.05, 4.69) is 16.1 Å². The Morgan fingerprint density at radius 2 is 1.83 bits per heavy atom. The summed E-state index contributed by atoms with van der Waals surface area (Å²) in [6, 6.07) is 23.8. The van der Waals surface area contributed by atoms with Crippen LogP contribution in [-0.2, 0) is 6.42 Å². The van der Waals surface area contributed by atoms with Gasteiger partial charge in [0.1, 0.15) is 0 Å². The minimum Gasteiger partial charge on any atom is -0.366 e. The van der Waals surface area contributed by atoms with Gasteiger partial charge in [0.25, 0.3) is 0 Å². The zero-order valence-electron chi connectivity index (χ0n) is 15.7. The van der Waals surface area contributed by atoms with Crippen LogP contribution in [0.5, 0.6) is 0 Å². The number of fused-ring (bicyclic) bond motifs is 2. The number of hydrogen-bond donors (Lipinski definition) is 1. The van der Waals surface area contributed by atoms with Crippen molar-refractivity contribution in [2.45, 2.75) is 12.8 Å². The fraction of sp³-hybridized carbons (Fsp3) is 0.0870. The molecule has 2 N–H and O–H groups in total. The number of rotatable bonds is 4.